The minimum atomic E-state index is -2.00. The molecule has 0 aliphatic heterocycles. The second-order valence-corrected chi connectivity index (χ2v) is 22.2. The van der Waals surface area contributed by atoms with Crippen LogP contribution in [0.3, 0.4) is 0 Å². The minimum absolute atomic E-state index is 0.0107. The molecule has 0 heterocycles. The highest BCUT2D eigenvalue weighted by Crippen LogP contribution is 2.14. The van der Waals surface area contributed by atoms with Crippen LogP contribution in [-0.4, -0.2) is 171 Å². The van der Waals surface area contributed by atoms with Gasteiger partial charge >= 0.3 is 17.9 Å². The third-order valence-electron chi connectivity index (χ3n) is 12.3. The second-order valence-electron chi connectivity index (χ2n) is 22.2. The maximum Gasteiger partial charge on any atom is 0.326 e. The summed E-state index contributed by atoms with van der Waals surface area (Å²) in [6.45, 7) is 13.8. The Morgan fingerprint density at radius 1 is 0.333 bits per heavy atom. The highest BCUT2D eigenvalue weighted by Gasteiger charge is 2.37. The van der Waals surface area contributed by atoms with Crippen molar-refractivity contribution < 1.29 is 87.2 Å². The van der Waals surface area contributed by atoms with E-state index < -0.39 is 206 Å². The number of carbonyl (C=O) groups excluding carboxylic acids is 12. The minimum Gasteiger partial charge on any atom is -0.481 e. The van der Waals surface area contributed by atoms with Gasteiger partial charge in [-0.1, -0.05) is 55.4 Å². The van der Waals surface area contributed by atoms with Gasteiger partial charge in [0.15, 0.2) is 0 Å². The fourth-order valence-corrected chi connectivity index (χ4v) is 8.23. The third kappa shape index (κ3) is 32.0. The molecule has 0 saturated heterocycles. The first-order valence-corrected chi connectivity index (χ1v) is 27.7. The fourth-order valence-electron chi connectivity index (χ4n) is 8.23. The molecule has 0 spiro atoms. The number of rotatable bonds is 43. The van der Waals surface area contributed by atoms with Gasteiger partial charge in [0.1, 0.15) is 54.4 Å². The van der Waals surface area contributed by atoms with Crippen molar-refractivity contribution in [3.8, 4) is 0 Å². The smallest absolute Gasteiger partial charge is 0.326 e. The number of hydrogen-bond acceptors (Lipinski definition) is 17. The van der Waals surface area contributed by atoms with E-state index in [4.69, 9.17) is 28.7 Å². The molecular weight excluding hydrogens is 1110 g/mol. The van der Waals surface area contributed by atoms with E-state index in [9.17, 15) is 87.2 Å². The van der Waals surface area contributed by atoms with Crippen molar-refractivity contribution in [3.05, 3.63) is 0 Å². The molecule has 32 nitrogen and oxygen atoms in total. The molecule has 0 aliphatic carbocycles. The Bertz CT molecular complexity index is 2320. The molecule has 0 unspecified atom stereocenters. The van der Waals surface area contributed by atoms with Crippen LogP contribution >= 0.6 is 0 Å². The molecule has 0 saturated carbocycles. The average molecular weight is 1200 g/mol. The zero-order valence-corrected chi connectivity index (χ0v) is 49.0. The summed E-state index contributed by atoms with van der Waals surface area (Å²) in [5.74, 6) is -18.6. The van der Waals surface area contributed by atoms with E-state index in [1.54, 1.807) is 41.5 Å². The Labute approximate surface area is 487 Å². The second kappa shape index (κ2) is 38.7. The van der Waals surface area contributed by atoms with Gasteiger partial charge in [0, 0.05) is 12.8 Å². The number of amides is 12. The van der Waals surface area contributed by atoms with Crippen LogP contribution in [-0.2, 0) is 71.9 Å². The topological polar surface area (TPSA) is 555 Å². The molecule has 0 bridgehead atoms. The quantitative estimate of drug-likeness (QED) is 0.0256. The molecule has 10 atom stereocenters. The summed E-state index contributed by atoms with van der Waals surface area (Å²) in [4.78, 5) is 195. The van der Waals surface area contributed by atoms with Crippen LogP contribution < -0.4 is 76.5 Å². The molecule has 0 aromatic heterocycles. The number of carboxylic acids is 3. The lowest BCUT2D eigenvalue weighted by Gasteiger charge is -2.29. The molecule has 32 heteroatoms. The number of unbranched alkanes of at least 4 members (excludes halogenated alkanes) is 1. The first kappa shape index (κ1) is 76.0. The number of hydrogen-bond donors (Lipinski definition) is 17. The van der Waals surface area contributed by atoms with Gasteiger partial charge in [-0.2, -0.15) is 0 Å². The largest absolute Gasteiger partial charge is 0.481 e. The molecule has 84 heavy (non-hydrogen) atoms. The summed E-state index contributed by atoms with van der Waals surface area (Å²) >= 11 is 0. The summed E-state index contributed by atoms with van der Waals surface area (Å²) in [5.41, 5.74) is 27.6. The first-order valence-electron chi connectivity index (χ1n) is 27.7. The fraction of sp³-hybridized carbons (Fsp3) is 0.712. The molecule has 0 rings (SSSR count). The van der Waals surface area contributed by atoms with E-state index in [2.05, 4.69) is 47.9 Å². The molecule has 12 amide bonds. The summed E-state index contributed by atoms with van der Waals surface area (Å²) < 4.78 is 0. The van der Waals surface area contributed by atoms with Crippen molar-refractivity contribution in [1.82, 2.24) is 47.9 Å². The maximum atomic E-state index is 14.2. The lowest BCUT2D eigenvalue weighted by molar-refractivity contribution is -0.143. The van der Waals surface area contributed by atoms with Crippen LogP contribution in [0.5, 0.6) is 0 Å². The zero-order chi connectivity index (χ0) is 64.7. The molecular formula is C52H90N14O18. The molecule has 476 valence electrons. The Kier molecular flexibility index (Phi) is 35.0. The van der Waals surface area contributed by atoms with Crippen molar-refractivity contribution in [2.45, 2.75) is 206 Å². The number of carboxylic acid groups (broad SMARTS) is 3. The van der Waals surface area contributed by atoms with E-state index in [1.165, 1.54) is 0 Å². The van der Waals surface area contributed by atoms with Crippen LogP contribution in [0, 0.1) is 23.7 Å². The van der Waals surface area contributed by atoms with Gasteiger partial charge in [-0.3, -0.25) is 67.1 Å². The Morgan fingerprint density at radius 2 is 0.631 bits per heavy atom. The van der Waals surface area contributed by atoms with Crippen molar-refractivity contribution in [2.75, 3.05) is 6.54 Å². The average Bonchev–Trinajstić information content (AvgIpc) is 3.47. The highest BCUT2D eigenvalue weighted by molar-refractivity contribution is 6.00. The van der Waals surface area contributed by atoms with Gasteiger partial charge in [-0.25, -0.2) is 4.79 Å². The van der Waals surface area contributed by atoms with Crippen LogP contribution in [0.2, 0.25) is 0 Å². The Hall–Kier alpha value is -8.03. The zero-order valence-electron chi connectivity index (χ0n) is 49.0. The monoisotopic (exact) mass is 1200 g/mol. The summed E-state index contributed by atoms with van der Waals surface area (Å²) in [7, 11) is 0. The van der Waals surface area contributed by atoms with Crippen LogP contribution in [0.4, 0.5) is 0 Å². The number of nitrogens with two attached hydrogens (primary N) is 5. The number of carbonyl (C=O) groups is 15. The lowest BCUT2D eigenvalue weighted by Crippen LogP contribution is -2.61. The molecule has 0 radical (unpaired) electrons. The molecule has 0 aliphatic rings. The number of nitrogens with one attached hydrogen (secondary N) is 9. The SMILES string of the molecule is CC(C)C[C@H](NC(=O)[C@H](CC(N)=O)NC(=O)[C@H](CCC(=O)O)NC(=O)[C@H](CC(C)C)NC(=O)[C@H](CC(C)C)NC(=O)[C@H](CC(=O)O)NC(=O)[C@H](CC(N)=O)NC(=O)[C@H](CCCCN)NC(=O)[C@@H](N)CC(C)C)C(=O)N[C@@H](CCC(N)=O)C(=O)O. The summed E-state index contributed by atoms with van der Waals surface area (Å²) in [5, 5.41) is 50.1. The van der Waals surface area contributed by atoms with Gasteiger partial charge in [-0.05, 0) is 88.0 Å². The Balaban J connectivity index is 6.91. The van der Waals surface area contributed by atoms with Gasteiger partial charge in [0.25, 0.3) is 0 Å². The van der Waals surface area contributed by atoms with Gasteiger partial charge in [0.05, 0.1) is 25.3 Å². The van der Waals surface area contributed by atoms with E-state index >= 15 is 0 Å². The van der Waals surface area contributed by atoms with E-state index in [1.807, 2.05) is 13.8 Å². The molecule has 0 fully saturated rings. The molecule has 0 aromatic rings. The summed E-state index contributed by atoms with van der Waals surface area (Å²) in [6, 6.07) is -16.1. The Morgan fingerprint density at radius 3 is 0.952 bits per heavy atom. The van der Waals surface area contributed by atoms with E-state index in [0.29, 0.717) is 12.8 Å². The van der Waals surface area contributed by atoms with Crippen molar-refractivity contribution in [1.29, 1.82) is 0 Å². The van der Waals surface area contributed by atoms with Crippen molar-refractivity contribution in [2.24, 2.45) is 52.3 Å². The predicted octanol–water partition coefficient (Wildman–Crippen LogP) is -4.57. The van der Waals surface area contributed by atoms with Gasteiger partial charge in [-0.15, -0.1) is 0 Å². The number of aliphatic carboxylic acids is 3. The van der Waals surface area contributed by atoms with Gasteiger partial charge in [0.2, 0.25) is 70.9 Å². The van der Waals surface area contributed by atoms with Crippen LogP contribution in [0.1, 0.15) is 145 Å². The normalized spacial score (nSPS) is 14.8. The highest BCUT2D eigenvalue weighted by atomic mass is 16.4. The maximum absolute atomic E-state index is 14.2. The first-order chi connectivity index (χ1) is 39.0. The van der Waals surface area contributed by atoms with Crippen molar-refractivity contribution >= 4 is 88.8 Å². The summed E-state index contributed by atoms with van der Waals surface area (Å²) in [6.07, 6.45) is -4.54. The molecule has 22 N–H and O–H groups in total. The van der Waals surface area contributed by atoms with Crippen LogP contribution in [0.15, 0.2) is 0 Å². The lowest BCUT2D eigenvalue weighted by atomic mass is 9.99. The molecule has 0 aromatic carbocycles. The standard InChI is InChI=1S/C52H90N14O18/c1-24(2)17-28(54)43(74)58-29(11-9-10-16-53)44(75)64-36(22-40(57)69)50(81)66-37(23-42(72)73)51(82)63-34(20-27(7)8)48(79)61-32(18-25(3)4)46(77)59-30(13-15-41(70)71)45(76)65-35(21-39(56)68)49(80)62-33(19-26(5)6)47(78)60-31(52(83)84)12-14-38(55)67/h24-37H,9-23,53-54H2,1-8H3,(H2,55,67)(H2,56,68)(H2,57,69)(H,58,74)(H,59,77)(H,60,78)(H,61,79)(H,62,80)(H,63,82)(H,64,75)(H,65,76)(H,66,81)(H,70,71)(H,72,73)(H,83,84)/t28-,29-,30-,31-,32-,33-,34-,35-,36-,37-/m0/s1. The van der Waals surface area contributed by atoms with E-state index in [0.717, 1.165) is 0 Å². The van der Waals surface area contributed by atoms with Crippen molar-refractivity contribution in [3.63, 3.8) is 0 Å². The predicted molar refractivity (Wildman–Crippen MR) is 299 cm³/mol. The van der Waals surface area contributed by atoms with Crippen LogP contribution in [0.25, 0.3) is 0 Å². The number of primary amides is 3. The third-order valence-corrected chi connectivity index (χ3v) is 12.3. The van der Waals surface area contributed by atoms with Gasteiger partial charge < -0.3 is 91.8 Å². The van der Waals surface area contributed by atoms with E-state index in [-0.39, 0.29) is 50.5 Å².